The quantitative estimate of drug-likeness (QED) is 0.436. The van der Waals surface area contributed by atoms with Crippen LogP contribution in [0.25, 0.3) is 16.8 Å². The van der Waals surface area contributed by atoms with Crippen LogP contribution in [-0.2, 0) is 11.3 Å². The number of hydrogen-bond acceptors (Lipinski definition) is 6. The fourth-order valence-corrected chi connectivity index (χ4v) is 2.87. The standard InChI is InChI=1S/C18H18N6O.C4H6O.C2H6/c1-19-18-21-17-16(8-5-9-24(17)22-18)14-12-20-23(13-14)10-11-25-15-6-3-2-4-7-15;5-3-4-1-2-4;1-2/h2-9,12-13H,10-11H2,1H3,(H,19,22);3-4H,1-2H2;1-2H3. The van der Waals surface area contributed by atoms with Crippen molar-refractivity contribution >= 4 is 17.9 Å². The molecular weight excluding hydrogens is 404 g/mol. The molecule has 0 unspecified atom stereocenters. The number of pyridine rings is 1. The third kappa shape index (κ3) is 6.16. The number of aromatic nitrogens is 5. The lowest BCUT2D eigenvalue weighted by Gasteiger charge is -2.05. The molecule has 4 aromatic rings. The van der Waals surface area contributed by atoms with Crippen LogP contribution in [0.15, 0.2) is 61.1 Å². The van der Waals surface area contributed by atoms with Crippen molar-refractivity contribution in [3.8, 4) is 16.9 Å². The van der Waals surface area contributed by atoms with Crippen molar-refractivity contribution < 1.29 is 9.53 Å². The fourth-order valence-electron chi connectivity index (χ4n) is 2.87. The Morgan fingerprint density at radius 2 is 1.94 bits per heavy atom. The first-order chi connectivity index (χ1) is 15.8. The molecule has 0 bridgehead atoms. The van der Waals surface area contributed by atoms with Gasteiger partial charge in [0, 0.05) is 36.5 Å². The molecular formula is C24H30N6O2. The number of anilines is 1. The first kappa shape index (κ1) is 23.0. The van der Waals surface area contributed by atoms with E-state index < -0.39 is 0 Å². The van der Waals surface area contributed by atoms with Gasteiger partial charge in [-0.15, -0.1) is 5.10 Å². The molecule has 3 heterocycles. The molecule has 1 aromatic carbocycles. The lowest BCUT2D eigenvalue weighted by atomic mass is 10.1. The number of ether oxygens (including phenoxy) is 1. The number of carbonyl (C=O) groups is 1. The zero-order chi connectivity index (χ0) is 22.8. The van der Waals surface area contributed by atoms with E-state index in [-0.39, 0.29) is 0 Å². The highest BCUT2D eigenvalue weighted by molar-refractivity contribution is 5.77. The van der Waals surface area contributed by atoms with Crippen LogP contribution in [0.3, 0.4) is 0 Å². The molecule has 1 saturated carbocycles. The minimum absolute atomic E-state index is 0.454. The van der Waals surface area contributed by atoms with Crippen LogP contribution in [0, 0.1) is 5.92 Å². The van der Waals surface area contributed by atoms with Gasteiger partial charge in [0.05, 0.1) is 12.7 Å². The number of carbonyl (C=O) groups excluding carboxylic acids is 1. The van der Waals surface area contributed by atoms with E-state index in [2.05, 4.69) is 20.5 Å². The van der Waals surface area contributed by atoms with E-state index in [9.17, 15) is 4.79 Å². The highest BCUT2D eigenvalue weighted by atomic mass is 16.5. The van der Waals surface area contributed by atoms with Gasteiger partial charge >= 0.3 is 0 Å². The Morgan fingerprint density at radius 3 is 2.59 bits per heavy atom. The van der Waals surface area contributed by atoms with Crippen LogP contribution in [0.5, 0.6) is 5.75 Å². The second kappa shape index (κ2) is 11.6. The van der Waals surface area contributed by atoms with Crippen molar-refractivity contribution in [2.24, 2.45) is 5.92 Å². The third-order valence-corrected chi connectivity index (χ3v) is 4.68. The zero-order valence-corrected chi connectivity index (χ0v) is 18.8. The van der Waals surface area contributed by atoms with E-state index in [0.29, 0.717) is 25.0 Å². The predicted octanol–water partition coefficient (Wildman–Crippen LogP) is 4.34. The molecule has 8 heteroatoms. The average molecular weight is 435 g/mol. The van der Waals surface area contributed by atoms with Crippen LogP contribution in [-0.4, -0.2) is 44.3 Å². The zero-order valence-electron chi connectivity index (χ0n) is 18.8. The Hall–Kier alpha value is -3.68. The normalized spacial score (nSPS) is 12.2. The summed E-state index contributed by atoms with van der Waals surface area (Å²) in [6.07, 6.45) is 9.03. The minimum atomic E-state index is 0.454. The molecule has 0 atom stereocenters. The van der Waals surface area contributed by atoms with E-state index in [4.69, 9.17) is 4.74 Å². The number of nitrogens with one attached hydrogen (secondary N) is 1. The van der Waals surface area contributed by atoms with Gasteiger partial charge in [-0.25, -0.2) is 4.52 Å². The summed E-state index contributed by atoms with van der Waals surface area (Å²) in [5.41, 5.74) is 2.79. The number of hydrogen-bond donors (Lipinski definition) is 1. The van der Waals surface area contributed by atoms with Gasteiger partial charge in [-0.1, -0.05) is 32.0 Å². The molecule has 8 nitrogen and oxygen atoms in total. The summed E-state index contributed by atoms with van der Waals surface area (Å²) in [6.45, 7) is 5.23. The molecule has 1 aliphatic rings. The van der Waals surface area contributed by atoms with Gasteiger partial charge in [0.1, 0.15) is 18.6 Å². The van der Waals surface area contributed by atoms with Crippen molar-refractivity contribution in [2.45, 2.75) is 33.2 Å². The molecule has 1 N–H and O–H groups in total. The number of para-hydroxylation sites is 1. The lowest BCUT2D eigenvalue weighted by Crippen LogP contribution is -2.08. The smallest absolute Gasteiger partial charge is 0.242 e. The first-order valence-electron chi connectivity index (χ1n) is 11.0. The second-order valence-electron chi connectivity index (χ2n) is 7.00. The van der Waals surface area contributed by atoms with E-state index in [1.165, 1.54) is 0 Å². The molecule has 1 aliphatic carbocycles. The van der Waals surface area contributed by atoms with E-state index >= 15 is 0 Å². The maximum Gasteiger partial charge on any atom is 0.242 e. The average Bonchev–Trinajstić information content (AvgIpc) is 3.42. The second-order valence-corrected chi connectivity index (χ2v) is 7.00. The van der Waals surface area contributed by atoms with Crippen molar-refractivity contribution in [3.63, 3.8) is 0 Å². The first-order valence-corrected chi connectivity index (χ1v) is 11.0. The summed E-state index contributed by atoms with van der Waals surface area (Å²) in [4.78, 5) is 14.1. The largest absolute Gasteiger partial charge is 0.492 e. The van der Waals surface area contributed by atoms with Crippen molar-refractivity contribution in [3.05, 3.63) is 61.1 Å². The molecule has 3 aromatic heterocycles. The highest BCUT2D eigenvalue weighted by Gasteiger charge is 2.19. The van der Waals surface area contributed by atoms with E-state index in [1.807, 2.05) is 79.6 Å². The van der Waals surface area contributed by atoms with Gasteiger partial charge in [0.15, 0.2) is 5.65 Å². The Morgan fingerprint density at radius 1 is 1.16 bits per heavy atom. The SMILES string of the molecule is CC.CNc1nc2c(-c3cnn(CCOc4ccccc4)c3)cccn2n1.O=CC1CC1. The molecule has 0 amide bonds. The summed E-state index contributed by atoms with van der Waals surface area (Å²) >= 11 is 0. The Kier molecular flexibility index (Phi) is 8.36. The molecule has 0 spiro atoms. The summed E-state index contributed by atoms with van der Waals surface area (Å²) < 4.78 is 9.35. The number of nitrogens with zero attached hydrogens (tertiary/aromatic N) is 5. The van der Waals surface area contributed by atoms with Crippen molar-refractivity contribution in [1.29, 1.82) is 0 Å². The topological polar surface area (TPSA) is 86.3 Å². The number of fused-ring (bicyclic) bond motifs is 1. The molecule has 0 saturated heterocycles. The summed E-state index contributed by atoms with van der Waals surface area (Å²) in [5.74, 6) is 1.91. The number of rotatable bonds is 7. The van der Waals surface area contributed by atoms with Crippen LogP contribution in [0.1, 0.15) is 26.7 Å². The maximum atomic E-state index is 9.57. The summed E-state index contributed by atoms with van der Waals surface area (Å²) in [7, 11) is 1.80. The predicted molar refractivity (Wildman–Crippen MR) is 126 cm³/mol. The Balaban J connectivity index is 0.000000359. The fraction of sp³-hybridized carbons (Fsp3) is 0.333. The summed E-state index contributed by atoms with van der Waals surface area (Å²) in [5, 5.41) is 11.7. The monoisotopic (exact) mass is 434 g/mol. The molecule has 32 heavy (non-hydrogen) atoms. The molecule has 1 fully saturated rings. The van der Waals surface area contributed by atoms with Crippen LogP contribution in [0.2, 0.25) is 0 Å². The van der Waals surface area contributed by atoms with Crippen LogP contribution < -0.4 is 10.1 Å². The van der Waals surface area contributed by atoms with Gasteiger partial charge in [-0.05, 0) is 37.1 Å². The minimum Gasteiger partial charge on any atom is -0.492 e. The van der Waals surface area contributed by atoms with Crippen LogP contribution in [0.4, 0.5) is 5.95 Å². The molecule has 0 aliphatic heterocycles. The van der Waals surface area contributed by atoms with Gasteiger partial charge < -0.3 is 14.8 Å². The van der Waals surface area contributed by atoms with Crippen molar-refractivity contribution in [2.75, 3.05) is 19.0 Å². The van der Waals surface area contributed by atoms with E-state index in [1.54, 1.807) is 11.6 Å². The number of benzene rings is 1. The van der Waals surface area contributed by atoms with Gasteiger partial charge in [0.25, 0.3) is 0 Å². The van der Waals surface area contributed by atoms with Gasteiger partial charge in [-0.3, -0.25) is 4.68 Å². The Labute approximate surface area is 188 Å². The Bertz CT molecular complexity index is 1100. The highest BCUT2D eigenvalue weighted by Crippen LogP contribution is 2.25. The third-order valence-electron chi connectivity index (χ3n) is 4.68. The number of aldehydes is 1. The van der Waals surface area contributed by atoms with Gasteiger partial charge in [0.2, 0.25) is 5.95 Å². The van der Waals surface area contributed by atoms with Crippen molar-refractivity contribution in [1.82, 2.24) is 24.4 Å². The van der Waals surface area contributed by atoms with E-state index in [0.717, 1.165) is 41.7 Å². The van der Waals surface area contributed by atoms with Crippen LogP contribution >= 0.6 is 0 Å². The lowest BCUT2D eigenvalue weighted by molar-refractivity contribution is -0.108. The molecule has 168 valence electrons. The maximum absolute atomic E-state index is 9.57. The molecule has 5 rings (SSSR count). The van der Waals surface area contributed by atoms with Gasteiger partial charge in [-0.2, -0.15) is 10.1 Å². The molecule has 0 radical (unpaired) electrons. The summed E-state index contributed by atoms with van der Waals surface area (Å²) in [6, 6.07) is 13.7.